The first-order valence-electron chi connectivity index (χ1n) is 7.96. The molecule has 0 aromatic heterocycles. The molecule has 1 aromatic rings. The number of nitrogens with zero attached hydrogens (tertiary/aromatic N) is 2. The number of nitro groups is 1. The van der Waals surface area contributed by atoms with Gasteiger partial charge in [-0.25, -0.2) is 0 Å². The number of halogens is 1. The lowest BCUT2D eigenvalue weighted by atomic mass is 10.0. The molecule has 1 saturated carbocycles. The molecule has 1 aliphatic carbocycles. The minimum atomic E-state index is -0.404. The molecule has 120 valence electrons. The lowest BCUT2D eigenvalue weighted by Gasteiger charge is -2.33. The van der Waals surface area contributed by atoms with E-state index in [1.165, 1.54) is 25.5 Å². The second-order valence-corrected chi connectivity index (χ2v) is 6.95. The zero-order valence-electron chi connectivity index (χ0n) is 12.8. The number of non-ortho nitro benzene ring substituents is 1. The monoisotopic (exact) mass is 323 g/mol. The first kappa shape index (κ1) is 15.6. The Morgan fingerprint density at radius 2 is 2.00 bits per heavy atom. The fourth-order valence-electron chi connectivity index (χ4n) is 3.14. The van der Waals surface area contributed by atoms with Gasteiger partial charge in [0.15, 0.2) is 0 Å². The van der Waals surface area contributed by atoms with Crippen LogP contribution in [0.1, 0.15) is 31.2 Å². The van der Waals surface area contributed by atoms with Crippen molar-refractivity contribution in [1.29, 1.82) is 0 Å². The zero-order chi connectivity index (χ0) is 15.7. The smallest absolute Gasteiger partial charge is 0.271 e. The van der Waals surface area contributed by atoms with Gasteiger partial charge in [-0.3, -0.25) is 10.1 Å². The van der Waals surface area contributed by atoms with E-state index in [0.717, 1.165) is 43.1 Å². The van der Waals surface area contributed by atoms with Crippen LogP contribution in [-0.2, 0) is 0 Å². The normalized spacial score (nSPS) is 20.1. The van der Waals surface area contributed by atoms with Crippen LogP contribution in [0, 0.1) is 23.0 Å². The van der Waals surface area contributed by atoms with Crippen molar-refractivity contribution >= 4 is 23.0 Å². The van der Waals surface area contributed by atoms with Crippen LogP contribution in [0.4, 0.5) is 11.4 Å². The second kappa shape index (κ2) is 6.42. The molecule has 3 rings (SSSR count). The van der Waals surface area contributed by atoms with Crippen LogP contribution >= 0.6 is 11.6 Å². The number of benzene rings is 1. The molecule has 1 saturated heterocycles. The number of likely N-dealkylation sites (tertiary alicyclic amines) is 1. The molecule has 5 nitrogen and oxygen atoms in total. The number of anilines is 1. The summed E-state index contributed by atoms with van der Waals surface area (Å²) in [7, 11) is 0. The van der Waals surface area contributed by atoms with Gasteiger partial charge in [-0.05, 0) is 44.1 Å². The SMILES string of the molecule is Cc1cc([N+](=O)[O-])cc(Cl)c1NC1CCN(CC2CC2)CC1. The van der Waals surface area contributed by atoms with Crippen LogP contribution < -0.4 is 5.32 Å². The van der Waals surface area contributed by atoms with Crippen molar-refractivity contribution in [2.75, 3.05) is 25.0 Å². The fourth-order valence-corrected chi connectivity index (χ4v) is 3.46. The van der Waals surface area contributed by atoms with Crippen LogP contribution in [0.3, 0.4) is 0 Å². The summed E-state index contributed by atoms with van der Waals surface area (Å²) >= 11 is 6.23. The molecule has 1 aliphatic heterocycles. The minimum Gasteiger partial charge on any atom is -0.381 e. The number of aryl methyl sites for hydroxylation is 1. The first-order valence-corrected chi connectivity index (χ1v) is 8.34. The van der Waals surface area contributed by atoms with Crippen molar-refractivity contribution in [3.05, 3.63) is 32.8 Å². The third-order valence-corrected chi connectivity index (χ3v) is 4.93. The summed E-state index contributed by atoms with van der Waals surface area (Å²) in [4.78, 5) is 13.0. The van der Waals surface area contributed by atoms with E-state index in [1.807, 2.05) is 6.92 Å². The van der Waals surface area contributed by atoms with E-state index < -0.39 is 4.92 Å². The maximum Gasteiger partial charge on any atom is 0.271 e. The van der Waals surface area contributed by atoms with Crippen LogP contribution in [0.25, 0.3) is 0 Å². The van der Waals surface area contributed by atoms with Crippen molar-refractivity contribution in [3.63, 3.8) is 0 Å². The van der Waals surface area contributed by atoms with Gasteiger partial charge in [0.05, 0.1) is 15.6 Å². The number of hydrogen-bond donors (Lipinski definition) is 1. The largest absolute Gasteiger partial charge is 0.381 e. The highest BCUT2D eigenvalue weighted by molar-refractivity contribution is 6.33. The van der Waals surface area contributed by atoms with Crippen LogP contribution in [0.2, 0.25) is 5.02 Å². The van der Waals surface area contributed by atoms with Crippen LogP contribution in [0.15, 0.2) is 12.1 Å². The summed E-state index contributed by atoms with van der Waals surface area (Å²) in [5, 5.41) is 14.8. The third kappa shape index (κ3) is 3.70. The summed E-state index contributed by atoms with van der Waals surface area (Å²) in [6, 6.07) is 3.41. The van der Waals surface area contributed by atoms with Gasteiger partial charge < -0.3 is 10.2 Å². The van der Waals surface area contributed by atoms with Crippen molar-refractivity contribution in [2.45, 2.75) is 38.6 Å². The van der Waals surface area contributed by atoms with E-state index in [4.69, 9.17) is 11.6 Å². The van der Waals surface area contributed by atoms with Crippen LogP contribution in [0.5, 0.6) is 0 Å². The molecular weight excluding hydrogens is 302 g/mol. The molecule has 1 aromatic carbocycles. The Labute approximate surface area is 135 Å². The van der Waals surface area contributed by atoms with E-state index in [0.29, 0.717) is 11.1 Å². The van der Waals surface area contributed by atoms with Crippen LogP contribution in [-0.4, -0.2) is 35.5 Å². The molecule has 0 spiro atoms. The van der Waals surface area contributed by atoms with E-state index >= 15 is 0 Å². The van der Waals surface area contributed by atoms with Gasteiger partial charge in [-0.15, -0.1) is 0 Å². The van der Waals surface area contributed by atoms with E-state index in [2.05, 4.69) is 10.2 Å². The number of hydrogen-bond acceptors (Lipinski definition) is 4. The fraction of sp³-hybridized carbons (Fsp3) is 0.625. The standard InChI is InChI=1S/C16H22ClN3O2/c1-11-8-14(20(21)22)9-15(17)16(11)18-13-4-6-19(7-5-13)10-12-2-3-12/h8-9,12-13,18H,2-7,10H2,1H3. The quantitative estimate of drug-likeness (QED) is 0.660. The predicted molar refractivity (Wildman–Crippen MR) is 88.7 cm³/mol. The lowest BCUT2D eigenvalue weighted by molar-refractivity contribution is -0.384. The van der Waals surface area contributed by atoms with Crippen molar-refractivity contribution < 1.29 is 4.92 Å². The van der Waals surface area contributed by atoms with Gasteiger partial charge in [-0.1, -0.05) is 11.6 Å². The average Bonchev–Trinajstić information content (AvgIpc) is 3.28. The highest BCUT2D eigenvalue weighted by atomic mass is 35.5. The maximum absolute atomic E-state index is 10.9. The summed E-state index contributed by atoms with van der Waals surface area (Å²) in [5.74, 6) is 0.941. The third-order valence-electron chi connectivity index (χ3n) is 4.63. The Hall–Kier alpha value is -1.33. The van der Waals surface area contributed by atoms with Gasteiger partial charge in [0.1, 0.15) is 0 Å². The Balaban J connectivity index is 1.60. The molecule has 0 atom stereocenters. The summed E-state index contributed by atoms with van der Waals surface area (Å²) in [5.41, 5.74) is 1.72. The second-order valence-electron chi connectivity index (χ2n) is 6.54. The topological polar surface area (TPSA) is 58.4 Å². The van der Waals surface area contributed by atoms with Crippen molar-refractivity contribution in [1.82, 2.24) is 4.90 Å². The molecule has 0 radical (unpaired) electrons. The van der Waals surface area contributed by atoms with Crippen molar-refractivity contribution in [2.24, 2.45) is 5.92 Å². The number of rotatable bonds is 5. The molecule has 0 bridgehead atoms. The van der Waals surface area contributed by atoms with Crippen molar-refractivity contribution in [3.8, 4) is 0 Å². The van der Waals surface area contributed by atoms with Gasteiger partial charge in [0.2, 0.25) is 0 Å². The maximum atomic E-state index is 10.9. The average molecular weight is 324 g/mol. The Morgan fingerprint density at radius 1 is 1.32 bits per heavy atom. The minimum absolute atomic E-state index is 0.0484. The predicted octanol–water partition coefficient (Wildman–Crippen LogP) is 3.84. The highest BCUT2D eigenvalue weighted by Crippen LogP contribution is 2.33. The van der Waals surface area contributed by atoms with Gasteiger partial charge in [0, 0.05) is 37.8 Å². The van der Waals surface area contributed by atoms with E-state index in [9.17, 15) is 10.1 Å². The molecule has 1 N–H and O–H groups in total. The van der Waals surface area contributed by atoms with Gasteiger partial charge >= 0.3 is 0 Å². The number of nitrogens with one attached hydrogen (secondary N) is 1. The number of nitro benzene ring substituents is 1. The Kier molecular flexibility index (Phi) is 4.54. The van der Waals surface area contributed by atoms with Gasteiger partial charge in [0.25, 0.3) is 5.69 Å². The molecule has 2 fully saturated rings. The summed E-state index contributed by atoms with van der Waals surface area (Å²) < 4.78 is 0. The first-order chi connectivity index (χ1) is 10.5. The highest BCUT2D eigenvalue weighted by Gasteiger charge is 2.27. The lowest BCUT2D eigenvalue weighted by Crippen LogP contribution is -2.40. The molecule has 6 heteroatoms. The molecule has 2 aliphatic rings. The summed E-state index contributed by atoms with van der Waals surface area (Å²) in [6.45, 7) is 5.36. The molecule has 22 heavy (non-hydrogen) atoms. The zero-order valence-corrected chi connectivity index (χ0v) is 13.6. The van der Waals surface area contributed by atoms with Gasteiger partial charge in [-0.2, -0.15) is 0 Å². The van der Waals surface area contributed by atoms with E-state index in [-0.39, 0.29) is 5.69 Å². The number of piperidine rings is 1. The summed E-state index contributed by atoms with van der Waals surface area (Å²) in [6.07, 6.45) is 4.99. The Morgan fingerprint density at radius 3 is 2.55 bits per heavy atom. The molecule has 0 amide bonds. The molecule has 0 unspecified atom stereocenters. The van der Waals surface area contributed by atoms with E-state index in [1.54, 1.807) is 6.07 Å². The molecular formula is C16H22ClN3O2. The molecule has 1 heterocycles. The Bertz CT molecular complexity index is 544.